The Bertz CT molecular complexity index is 1130. The molecule has 1 saturated heterocycles. The zero-order valence-electron chi connectivity index (χ0n) is 17.6. The maximum absolute atomic E-state index is 13.2. The lowest BCUT2D eigenvalue weighted by Crippen LogP contribution is -2.31. The van der Waals surface area contributed by atoms with Crippen molar-refractivity contribution in [1.82, 2.24) is 4.90 Å². The monoisotopic (exact) mass is 427 g/mol. The molecule has 0 bridgehead atoms. The number of nitrogens with one attached hydrogen (secondary N) is 1. The molecule has 3 aromatic carbocycles. The van der Waals surface area contributed by atoms with Gasteiger partial charge in [0.25, 0.3) is 5.91 Å². The van der Waals surface area contributed by atoms with E-state index in [0.717, 1.165) is 42.0 Å². The summed E-state index contributed by atoms with van der Waals surface area (Å²) in [7, 11) is 0. The second-order valence-electron chi connectivity index (χ2n) is 7.69. The van der Waals surface area contributed by atoms with Crippen LogP contribution in [0.1, 0.15) is 27.0 Å². The maximum Gasteiger partial charge on any atom is 0.256 e. The van der Waals surface area contributed by atoms with Gasteiger partial charge in [-0.15, -0.1) is 0 Å². The summed E-state index contributed by atoms with van der Waals surface area (Å²) < 4.78 is 0. The lowest BCUT2D eigenvalue weighted by molar-refractivity contribution is 0.102. The maximum atomic E-state index is 13.2. The predicted octanol–water partition coefficient (Wildman–Crippen LogP) is 5.33. The molecule has 1 amide bonds. The minimum Gasteiger partial charge on any atom is -0.322 e. The molecule has 0 aliphatic carbocycles. The fraction of sp³-hybridized carbons (Fsp3) is 0.231. The average Bonchev–Trinajstić information content (AvgIpc) is 2.81. The molecule has 1 fully saturated rings. The molecule has 1 N–H and O–H groups in total. The van der Waals surface area contributed by atoms with E-state index in [2.05, 4.69) is 28.4 Å². The highest BCUT2D eigenvalue weighted by atomic mass is 32.2. The second kappa shape index (κ2) is 9.82. The van der Waals surface area contributed by atoms with Crippen molar-refractivity contribution in [3.63, 3.8) is 0 Å². The van der Waals surface area contributed by atoms with E-state index in [1.807, 2.05) is 61.2 Å². The molecule has 0 aromatic heterocycles. The predicted molar refractivity (Wildman–Crippen MR) is 128 cm³/mol. The lowest BCUT2D eigenvalue weighted by Gasteiger charge is -2.26. The Hall–Kier alpha value is -3.07. The zero-order valence-corrected chi connectivity index (χ0v) is 18.4. The van der Waals surface area contributed by atoms with Crippen molar-refractivity contribution in [3.05, 3.63) is 89.0 Å². The van der Waals surface area contributed by atoms with Crippen LogP contribution in [0.25, 0.3) is 11.1 Å². The van der Waals surface area contributed by atoms with Gasteiger partial charge in [0.1, 0.15) is 0 Å². The van der Waals surface area contributed by atoms with Gasteiger partial charge in [-0.2, -0.15) is 17.0 Å². The average molecular weight is 428 g/mol. The Kier molecular flexibility index (Phi) is 6.71. The van der Waals surface area contributed by atoms with Gasteiger partial charge in [0, 0.05) is 48.0 Å². The Morgan fingerprint density at radius 3 is 2.48 bits per heavy atom. The van der Waals surface area contributed by atoms with Gasteiger partial charge in [-0.1, -0.05) is 48.5 Å². The van der Waals surface area contributed by atoms with Gasteiger partial charge < -0.3 is 5.32 Å². The number of hydrogen-bond donors (Lipinski definition) is 1. The van der Waals surface area contributed by atoms with Gasteiger partial charge >= 0.3 is 0 Å². The van der Waals surface area contributed by atoms with E-state index in [4.69, 9.17) is 0 Å². The lowest BCUT2D eigenvalue weighted by atomic mass is 9.95. The van der Waals surface area contributed by atoms with Crippen molar-refractivity contribution in [2.75, 3.05) is 29.9 Å². The van der Waals surface area contributed by atoms with E-state index < -0.39 is 0 Å². The Morgan fingerprint density at radius 1 is 1.03 bits per heavy atom. The van der Waals surface area contributed by atoms with Crippen molar-refractivity contribution in [3.8, 4) is 17.2 Å². The first-order valence-corrected chi connectivity index (χ1v) is 11.6. The van der Waals surface area contributed by atoms with Crippen molar-refractivity contribution in [2.24, 2.45) is 0 Å². The van der Waals surface area contributed by atoms with Gasteiger partial charge in [0.15, 0.2) is 0 Å². The van der Waals surface area contributed by atoms with Crippen LogP contribution in [-0.4, -0.2) is 35.4 Å². The molecule has 0 unspecified atom stereocenters. The standard InChI is InChI=1S/C26H25N3OS/c1-19-16-20(18-29-12-14-31-15-13-29)10-11-25(19)28-26(30)24-9-5-4-8-23(24)22-7-3-2-6-21(22)17-27/h2-11,16H,12-15,18H2,1H3,(H,28,30). The molecule has 3 aromatic rings. The minimum absolute atomic E-state index is 0.174. The minimum atomic E-state index is -0.174. The van der Waals surface area contributed by atoms with Crippen LogP contribution in [0.5, 0.6) is 0 Å². The van der Waals surface area contributed by atoms with Crippen LogP contribution in [-0.2, 0) is 6.54 Å². The number of nitriles is 1. The molecular weight excluding hydrogens is 402 g/mol. The quantitative estimate of drug-likeness (QED) is 0.598. The molecule has 0 spiro atoms. The van der Waals surface area contributed by atoms with E-state index in [1.54, 1.807) is 12.1 Å². The molecular formula is C26H25N3OS. The number of rotatable bonds is 5. The number of aryl methyl sites for hydroxylation is 1. The summed E-state index contributed by atoms with van der Waals surface area (Å²) >= 11 is 2.01. The number of benzene rings is 3. The van der Waals surface area contributed by atoms with E-state index in [0.29, 0.717) is 11.1 Å². The number of carbonyl (C=O) groups excluding carboxylic acids is 1. The van der Waals surface area contributed by atoms with Crippen molar-refractivity contribution in [1.29, 1.82) is 5.26 Å². The SMILES string of the molecule is Cc1cc(CN2CCSCC2)ccc1NC(=O)c1ccccc1-c1ccccc1C#N. The molecule has 1 aliphatic heterocycles. The zero-order chi connectivity index (χ0) is 21.6. The summed E-state index contributed by atoms with van der Waals surface area (Å²) in [6.45, 7) is 5.23. The molecule has 31 heavy (non-hydrogen) atoms. The van der Waals surface area contributed by atoms with Gasteiger partial charge in [0.05, 0.1) is 11.6 Å². The normalized spacial score (nSPS) is 14.1. The Morgan fingerprint density at radius 2 is 1.74 bits per heavy atom. The van der Waals surface area contributed by atoms with Gasteiger partial charge in [-0.05, 0) is 41.8 Å². The molecule has 4 rings (SSSR count). The van der Waals surface area contributed by atoms with Crippen LogP contribution in [0, 0.1) is 18.3 Å². The van der Waals surface area contributed by atoms with E-state index in [9.17, 15) is 10.1 Å². The van der Waals surface area contributed by atoms with Crippen LogP contribution in [0.3, 0.4) is 0 Å². The van der Waals surface area contributed by atoms with Crippen LogP contribution < -0.4 is 5.32 Å². The fourth-order valence-electron chi connectivity index (χ4n) is 3.90. The molecule has 4 nitrogen and oxygen atoms in total. The summed E-state index contributed by atoms with van der Waals surface area (Å²) in [5.41, 5.74) is 5.76. The number of nitrogens with zero attached hydrogens (tertiary/aromatic N) is 2. The fourth-order valence-corrected chi connectivity index (χ4v) is 4.88. The summed E-state index contributed by atoms with van der Waals surface area (Å²) in [5, 5.41) is 12.5. The van der Waals surface area contributed by atoms with Crippen molar-refractivity contribution in [2.45, 2.75) is 13.5 Å². The third-order valence-corrected chi connectivity index (χ3v) is 6.50. The molecule has 156 valence electrons. The van der Waals surface area contributed by atoms with Crippen LogP contribution in [0.15, 0.2) is 66.7 Å². The first kappa shape index (κ1) is 21.2. The van der Waals surface area contributed by atoms with Gasteiger partial charge in [0.2, 0.25) is 0 Å². The Labute approximate surface area is 187 Å². The van der Waals surface area contributed by atoms with E-state index in [-0.39, 0.29) is 5.91 Å². The smallest absolute Gasteiger partial charge is 0.256 e. The van der Waals surface area contributed by atoms with Crippen LogP contribution in [0.4, 0.5) is 5.69 Å². The second-order valence-corrected chi connectivity index (χ2v) is 8.92. The van der Waals surface area contributed by atoms with Crippen LogP contribution in [0.2, 0.25) is 0 Å². The third-order valence-electron chi connectivity index (χ3n) is 5.56. The number of anilines is 1. The van der Waals surface area contributed by atoms with Crippen LogP contribution >= 0.6 is 11.8 Å². The highest BCUT2D eigenvalue weighted by Crippen LogP contribution is 2.28. The van der Waals surface area contributed by atoms with Crippen molar-refractivity contribution < 1.29 is 4.79 Å². The largest absolute Gasteiger partial charge is 0.322 e. The molecule has 5 heteroatoms. The molecule has 1 heterocycles. The van der Waals surface area contributed by atoms with Gasteiger partial charge in [-0.25, -0.2) is 0 Å². The summed E-state index contributed by atoms with van der Waals surface area (Å²) in [4.78, 5) is 15.6. The summed E-state index contributed by atoms with van der Waals surface area (Å²) in [6.07, 6.45) is 0. The first-order chi connectivity index (χ1) is 15.2. The number of thioether (sulfide) groups is 1. The van der Waals surface area contributed by atoms with Crippen molar-refractivity contribution >= 4 is 23.4 Å². The first-order valence-electron chi connectivity index (χ1n) is 10.5. The highest BCUT2D eigenvalue weighted by Gasteiger charge is 2.16. The topological polar surface area (TPSA) is 56.1 Å². The molecule has 0 atom stereocenters. The summed E-state index contributed by atoms with van der Waals surface area (Å²) in [6, 6.07) is 23.3. The number of carbonyl (C=O) groups is 1. The van der Waals surface area contributed by atoms with E-state index in [1.165, 1.54) is 17.1 Å². The molecule has 0 saturated carbocycles. The number of amides is 1. The van der Waals surface area contributed by atoms with Gasteiger partial charge in [-0.3, -0.25) is 9.69 Å². The Balaban J connectivity index is 1.55. The summed E-state index contributed by atoms with van der Waals surface area (Å²) in [5.74, 6) is 2.22. The highest BCUT2D eigenvalue weighted by molar-refractivity contribution is 7.99. The number of hydrogen-bond acceptors (Lipinski definition) is 4. The molecule has 0 radical (unpaired) electrons. The molecule has 1 aliphatic rings. The third kappa shape index (κ3) is 4.99. The van der Waals surface area contributed by atoms with E-state index >= 15 is 0 Å².